The molecule has 0 heterocycles. The number of methoxy groups -OCH3 is 2. The van der Waals surface area contributed by atoms with Crippen molar-refractivity contribution in [3.63, 3.8) is 0 Å². The molecule has 0 aliphatic rings. The van der Waals surface area contributed by atoms with Crippen LogP contribution in [0.5, 0.6) is 0 Å². The Morgan fingerprint density at radius 2 is 1.90 bits per heavy atom. The number of hydrogen-bond acceptors (Lipinski definition) is 4. The zero-order valence-corrected chi connectivity index (χ0v) is 7.26. The average Bonchev–Trinajstić information content (AvgIpc) is 1.90. The van der Waals surface area contributed by atoms with Gasteiger partial charge in [0.15, 0.2) is 6.03 Å². The highest BCUT2D eigenvalue weighted by atomic mass is 31.2. The lowest BCUT2D eigenvalue weighted by Crippen LogP contribution is -2.22. The molecule has 0 rings (SSSR count). The fourth-order valence-corrected chi connectivity index (χ4v) is 1.51. The first-order valence-electron chi connectivity index (χ1n) is 2.93. The van der Waals surface area contributed by atoms with Crippen molar-refractivity contribution in [2.45, 2.75) is 13.0 Å². The molecule has 0 amide bonds. The molecule has 0 N–H and O–H groups in total. The Morgan fingerprint density at radius 3 is 2.00 bits per heavy atom. The van der Waals surface area contributed by atoms with Crippen LogP contribution in [0, 0.1) is 0 Å². The largest absolute Gasteiger partial charge is 0.796 e. The van der Waals surface area contributed by atoms with Crippen molar-refractivity contribution < 1.29 is 18.9 Å². The van der Waals surface area contributed by atoms with Gasteiger partial charge in [-0.15, -0.1) is 0 Å². The maximum atomic E-state index is 10.9. The van der Waals surface area contributed by atoms with E-state index < -0.39 is 13.4 Å². The number of rotatable bonds is 4. The van der Waals surface area contributed by atoms with Gasteiger partial charge in [-0.3, -0.25) is 0 Å². The van der Waals surface area contributed by atoms with E-state index in [1.807, 2.05) is 0 Å². The molecule has 0 spiro atoms. The van der Waals surface area contributed by atoms with Crippen LogP contribution in [0.2, 0.25) is 0 Å². The molecule has 4 nitrogen and oxygen atoms in total. The van der Waals surface area contributed by atoms with Gasteiger partial charge in [0.1, 0.15) is 0 Å². The summed E-state index contributed by atoms with van der Waals surface area (Å²) in [5.74, 6) is 0. The van der Waals surface area contributed by atoms with E-state index in [1.54, 1.807) is 6.92 Å². The van der Waals surface area contributed by atoms with Crippen LogP contribution in [0.15, 0.2) is 0 Å². The second-order valence-corrected chi connectivity index (χ2v) is 4.33. The normalized spacial score (nSPS) is 17.3. The van der Waals surface area contributed by atoms with E-state index in [2.05, 4.69) is 9.47 Å². The molecule has 0 aliphatic carbocycles. The highest BCUT2D eigenvalue weighted by Gasteiger charge is 2.18. The molecule has 1 unspecified atom stereocenters. The summed E-state index contributed by atoms with van der Waals surface area (Å²) >= 11 is 0. The molecule has 0 saturated heterocycles. The van der Waals surface area contributed by atoms with E-state index in [1.165, 1.54) is 14.2 Å². The molecule has 0 radical (unpaired) electrons. The van der Waals surface area contributed by atoms with Gasteiger partial charge in [-0.2, -0.15) is 0 Å². The molecule has 1 atom stereocenters. The zero-order valence-electron chi connectivity index (χ0n) is 6.36. The van der Waals surface area contributed by atoms with Crippen LogP contribution in [0.25, 0.3) is 0 Å². The second kappa shape index (κ2) is 4.09. The van der Waals surface area contributed by atoms with Crippen molar-refractivity contribution in [1.82, 2.24) is 0 Å². The minimum Gasteiger partial charge on any atom is -0.796 e. The van der Waals surface area contributed by atoms with Gasteiger partial charge < -0.3 is 18.9 Å². The monoisotopic (exact) mass is 167 g/mol. The third-order valence-corrected chi connectivity index (χ3v) is 3.11. The first-order chi connectivity index (χ1) is 4.58. The fraction of sp³-hybridized carbons (Fsp3) is 1.00. The smallest absolute Gasteiger partial charge is 0.197 e. The zero-order chi connectivity index (χ0) is 8.20. The summed E-state index contributed by atoms with van der Waals surface area (Å²) in [5, 5.41) is 0. The van der Waals surface area contributed by atoms with Gasteiger partial charge in [0, 0.05) is 14.2 Å². The molecule has 10 heavy (non-hydrogen) atoms. The molecule has 5 heteroatoms. The maximum absolute atomic E-state index is 10.9. The van der Waals surface area contributed by atoms with Crippen molar-refractivity contribution in [2.75, 3.05) is 20.4 Å². The first kappa shape index (κ1) is 10.1. The molecule has 0 saturated carbocycles. The quantitative estimate of drug-likeness (QED) is 0.444. The minimum atomic E-state index is -3.48. The number of ether oxygens (including phenoxy) is 2. The fourth-order valence-electron chi connectivity index (χ4n) is 0.567. The summed E-state index contributed by atoms with van der Waals surface area (Å²) < 4.78 is 20.1. The highest BCUT2D eigenvalue weighted by Crippen LogP contribution is 2.41. The van der Waals surface area contributed by atoms with Crippen molar-refractivity contribution in [3.8, 4) is 0 Å². The SMILES string of the molecule is CCP(=O)([O-])C(OC)OC. The minimum absolute atomic E-state index is 0.0549. The second-order valence-electron chi connectivity index (χ2n) is 1.82. The highest BCUT2D eigenvalue weighted by molar-refractivity contribution is 7.56. The molecule has 0 aromatic carbocycles. The van der Waals surface area contributed by atoms with Crippen LogP contribution < -0.4 is 4.89 Å². The van der Waals surface area contributed by atoms with Gasteiger partial charge in [-0.1, -0.05) is 6.92 Å². The Kier molecular flexibility index (Phi) is 4.13. The maximum Gasteiger partial charge on any atom is 0.197 e. The third-order valence-electron chi connectivity index (χ3n) is 1.17. The van der Waals surface area contributed by atoms with Crippen LogP contribution in [-0.2, 0) is 14.0 Å². The van der Waals surface area contributed by atoms with Gasteiger partial charge in [0.2, 0.25) is 0 Å². The molecule has 0 aliphatic heterocycles. The molecule has 0 fully saturated rings. The van der Waals surface area contributed by atoms with E-state index >= 15 is 0 Å². The van der Waals surface area contributed by atoms with Gasteiger partial charge in [-0.05, 0) is 6.16 Å². The van der Waals surface area contributed by atoms with Gasteiger partial charge in [-0.25, -0.2) is 0 Å². The summed E-state index contributed by atoms with van der Waals surface area (Å²) in [5.41, 5.74) is 0. The van der Waals surface area contributed by atoms with Crippen LogP contribution in [0.3, 0.4) is 0 Å². The Hall–Kier alpha value is 0.110. The molecule has 0 aromatic rings. The summed E-state index contributed by atoms with van der Waals surface area (Å²) in [6.07, 6.45) is 0.0549. The van der Waals surface area contributed by atoms with E-state index in [0.29, 0.717) is 0 Å². The van der Waals surface area contributed by atoms with Gasteiger partial charge in [0.05, 0.1) is 7.37 Å². The molecular weight excluding hydrogens is 155 g/mol. The summed E-state index contributed by atoms with van der Waals surface area (Å²) in [6, 6.07) is -1.09. The third kappa shape index (κ3) is 2.39. The van der Waals surface area contributed by atoms with E-state index in [9.17, 15) is 9.46 Å². The predicted octanol–water partition coefficient (Wildman–Crippen LogP) is 0.221. The summed E-state index contributed by atoms with van der Waals surface area (Å²) in [4.78, 5) is 10.9. The Morgan fingerprint density at radius 1 is 1.50 bits per heavy atom. The van der Waals surface area contributed by atoms with Crippen LogP contribution >= 0.6 is 7.37 Å². The standard InChI is InChI=1S/C5H13O4P/c1-4-10(6,7)5(8-2)9-3/h5H,4H2,1-3H3,(H,6,7)/p-1. The molecule has 62 valence electrons. The Bertz CT molecular complexity index is 132. The molecular formula is C5H12O4P-. The van der Waals surface area contributed by atoms with E-state index in [4.69, 9.17) is 0 Å². The lowest BCUT2D eigenvalue weighted by atomic mass is 11.0. The average molecular weight is 167 g/mol. The van der Waals surface area contributed by atoms with Gasteiger partial charge >= 0.3 is 0 Å². The van der Waals surface area contributed by atoms with E-state index in [0.717, 1.165) is 0 Å². The van der Waals surface area contributed by atoms with E-state index in [-0.39, 0.29) is 6.16 Å². The van der Waals surface area contributed by atoms with Crippen molar-refractivity contribution >= 4 is 7.37 Å². The lowest BCUT2D eigenvalue weighted by Gasteiger charge is -2.28. The summed E-state index contributed by atoms with van der Waals surface area (Å²) in [7, 11) is -0.878. The predicted molar refractivity (Wildman–Crippen MR) is 36.0 cm³/mol. The molecule has 0 aromatic heterocycles. The van der Waals surface area contributed by atoms with Crippen LogP contribution in [0.1, 0.15) is 6.92 Å². The van der Waals surface area contributed by atoms with Crippen LogP contribution in [0.4, 0.5) is 0 Å². The topological polar surface area (TPSA) is 58.6 Å². The summed E-state index contributed by atoms with van der Waals surface area (Å²) in [6.45, 7) is 1.55. The lowest BCUT2D eigenvalue weighted by molar-refractivity contribution is -0.201. The van der Waals surface area contributed by atoms with Crippen molar-refractivity contribution in [3.05, 3.63) is 0 Å². The Labute approximate surface area is 60.6 Å². The number of hydrogen-bond donors (Lipinski definition) is 0. The van der Waals surface area contributed by atoms with Crippen molar-refractivity contribution in [1.29, 1.82) is 0 Å². The Balaban J connectivity index is 4.12. The van der Waals surface area contributed by atoms with Gasteiger partial charge in [0.25, 0.3) is 0 Å². The first-order valence-corrected chi connectivity index (χ1v) is 4.81. The van der Waals surface area contributed by atoms with Crippen molar-refractivity contribution in [2.24, 2.45) is 0 Å². The van der Waals surface area contributed by atoms with Crippen LogP contribution in [-0.4, -0.2) is 26.4 Å². The molecule has 0 bridgehead atoms.